The molecule has 0 bridgehead atoms. The number of hydrogen-bond donors (Lipinski definition) is 1. The maximum Gasteiger partial charge on any atom is 0.307 e. The van der Waals surface area contributed by atoms with Crippen molar-refractivity contribution in [3.63, 3.8) is 0 Å². The molecule has 1 unspecified atom stereocenters. The molecule has 1 atom stereocenters. The van der Waals surface area contributed by atoms with Crippen LogP contribution in [0.25, 0.3) is 0 Å². The fourth-order valence-electron chi connectivity index (χ4n) is 1.85. The van der Waals surface area contributed by atoms with Gasteiger partial charge < -0.3 is 5.11 Å². The molecule has 0 aliphatic carbocycles. The van der Waals surface area contributed by atoms with Crippen LogP contribution in [0.15, 0.2) is 54.6 Å². The molecule has 0 aromatic heterocycles. The van der Waals surface area contributed by atoms with Crippen molar-refractivity contribution >= 4 is 17.6 Å². The van der Waals surface area contributed by atoms with Gasteiger partial charge in [-0.1, -0.05) is 54.6 Å². The third-order valence-corrected chi connectivity index (χ3v) is 3.20. The summed E-state index contributed by atoms with van der Waals surface area (Å²) in [5.41, 5.74) is 2.69. The second-order valence-corrected chi connectivity index (χ2v) is 4.53. The molecule has 0 saturated carbocycles. The van der Waals surface area contributed by atoms with Crippen LogP contribution in [-0.4, -0.2) is 11.1 Å². The summed E-state index contributed by atoms with van der Waals surface area (Å²) < 4.78 is 0. The summed E-state index contributed by atoms with van der Waals surface area (Å²) in [6, 6.07) is 17.1. The van der Waals surface area contributed by atoms with E-state index in [1.165, 1.54) is 0 Å². The smallest absolute Gasteiger partial charge is 0.307 e. The molecule has 2 aromatic rings. The quantitative estimate of drug-likeness (QED) is 0.852. The van der Waals surface area contributed by atoms with Crippen molar-refractivity contribution in [2.75, 3.05) is 0 Å². The van der Waals surface area contributed by atoms with Crippen molar-refractivity contribution < 1.29 is 9.90 Å². The van der Waals surface area contributed by atoms with Gasteiger partial charge in [0.25, 0.3) is 0 Å². The van der Waals surface area contributed by atoms with Gasteiger partial charge in [-0.15, -0.1) is 11.6 Å². The topological polar surface area (TPSA) is 37.3 Å². The van der Waals surface area contributed by atoms with E-state index in [0.717, 1.165) is 16.7 Å². The molecule has 0 fully saturated rings. The molecule has 0 radical (unpaired) electrons. The summed E-state index contributed by atoms with van der Waals surface area (Å²) >= 11 is 6.39. The average Bonchev–Trinajstić information content (AvgIpc) is 2.38. The van der Waals surface area contributed by atoms with Gasteiger partial charge in [-0.25, -0.2) is 0 Å². The minimum atomic E-state index is -0.835. The number of carboxylic acid groups (broad SMARTS) is 1. The van der Waals surface area contributed by atoms with Crippen LogP contribution in [0.4, 0.5) is 0 Å². The van der Waals surface area contributed by atoms with Crippen LogP contribution >= 0.6 is 11.6 Å². The first-order valence-corrected chi connectivity index (χ1v) is 6.10. The number of carbonyl (C=O) groups is 1. The Bertz CT molecular complexity index is 537. The molecule has 0 aliphatic heterocycles. The minimum Gasteiger partial charge on any atom is -0.481 e. The Balaban J connectivity index is 2.25. The van der Waals surface area contributed by atoms with Gasteiger partial charge in [0.2, 0.25) is 0 Å². The molecule has 2 rings (SSSR count). The van der Waals surface area contributed by atoms with Gasteiger partial charge >= 0.3 is 5.97 Å². The molecule has 18 heavy (non-hydrogen) atoms. The summed E-state index contributed by atoms with van der Waals surface area (Å²) in [7, 11) is 0. The highest BCUT2D eigenvalue weighted by molar-refractivity contribution is 6.22. The van der Waals surface area contributed by atoms with Crippen molar-refractivity contribution in [2.45, 2.75) is 11.8 Å². The highest BCUT2D eigenvalue weighted by Gasteiger charge is 2.11. The Labute approximate surface area is 111 Å². The van der Waals surface area contributed by atoms with E-state index >= 15 is 0 Å². The molecule has 0 saturated heterocycles. The monoisotopic (exact) mass is 260 g/mol. The highest BCUT2D eigenvalue weighted by Crippen LogP contribution is 2.28. The number of halogens is 1. The van der Waals surface area contributed by atoms with Crippen molar-refractivity contribution in [3.8, 4) is 0 Å². The second-order valence-electron chi connectivity index (χ2n) is 4.09. The zero-order valence-corrected chi connectivity index (χ0v) is 10.5. The van der Waals surface area contributed by atoms with Gasteiger partial charge in [0.15, 0.2) is 0 Å². The lowest BCUT2D eigenvalue weighted by Gasteiger charge is -2.11. The van der Waals surface area contributed by atoms with Gasteiger partial charge in [-0.3, -0.25) is 4.79 Å². The molecular formula is C15H13ClO2. The van der Waals surface area contributed by atoms with Gasteiger partial charge in [0.1, 0.15) is 0 Å². The van der Waals surface area contributed by atoms with Crippen LogP contribution in [0, 0.1) is 0 Å². The summed E-state index contributed by atoms with van der Waals surface area (Å²) in [5, 5.41) is 8.53. The maximum atomic E-state index is 10.7. The average molecular weight is 261 g/mol. The van der Waals surface area contributed by atoms with Crippen molar-refractivity contribution in [2.24, 2.45) is 0 Å². The number of aliphatic carboxylic acids is 1. The lowest BCUT2D eigenvalue weighted by Crippen LogP contribution is -2.01. The number of rotatable bonds is 4. The first kappa shape index (κ1) is 12.7. The van der Waals surface area contributed by atoms with Crippen molar-refractivity contribution in [3.05, 3.63) is 71.3 Å². The molecule has 0 amide bonds. The Morgan fingerprint density at radius 3 is 2.39 bits per heavy atom. The van der Waals surface area contributed by atoms with Gasteiger partial charge in [0.05, 0.1) is 11.8 Å². The normalized spacial score (nSPS) is 12.1. The Morgan fingerprint density at radius 2 is 1.72 bits per heavy atom. The summed E-state index contributed by atoms with van der Waals surface area (Å²) in [6.07, 6.45) is 0.0201. The van der Waals surface area contributed by atoms with Crippen LogP contribution < -0.4 is 0 Å². The molecule has 3 heteroatoms. The largest absolute Gasteiger partial charge is 0.481 e. The van der Waals surface area contributed by atoms with E-state index in [0.29, 0.717) is 0 Å². The second kappa shape index (κ2) is 5.69. The molecule has 0 heterocycles. The highest BCUT2D eigenvalue weighted by atomic mass is 35.5. The van der Waals surface area contributed by atoms with E-state index in [1.807, 2.05) is 48.5 Å². The van der Waals surface area contributed by atoms with E-state index in [4.69, 9.17) is 16.7 Å². The third kappa shape index (κ3) is 3.11. The Kier molecular flexibility index (Phi) is 4.00. The molecular weight excluding hydrogens is 248 g/mol. The zero-order valence-electron chi connectivity index (χ0n) is 9.71. The molecule has 0 aliphatic rings. The lowest BCUT2D eigenvalue weighted by molar-refractivity contribution is -0.136. The molecule has 2 nitrogen and oxygen atoms in total. The summed E-state index contributed by atoms with van der Waals surface area (Å²) in [6.45, 7) is 0. The van der Waals surface area contributed by atoms with Crippen LogP contribution in [0.3, 0.4) is 0 Å². The third-order valence-electron chi connectivity index (χ3n) is 2.69. The number of benzene rings is 2. The fraction of sp³-hybridized carbons (Fsp3) is 0.133. The fourth-order valence-corrected chi connectivity index (χ4v) is 2.13. The van der Waals surface area contributed by atoms with E-state index in [9.17, 15) is 4.79 Å². The first-order valence-electron chi connectivity index (χ1n) is 5.66. The number of alkyl halides is 1. The Hall–Kier alpha value is -1.80. The molecule has 0 spiro atoms. The summed E-state index contributed by atoms with van der Waals surface area (Å²) in [5.74, 6) is -0.835. The zero-order chi connectivity index (χ0) is 13.0. The van der Waals surface area contributed by atoms with E-state index in [2.05, 4.69) is 0 Å². The lowest BCUT2D eigenvalue weighted by atomic mass is 10.0. The standard InChI is InChI=1S/C15H13ClO2/c16-15(12-6-2-1-3-7-12)13-8-4-5-11(9-13)10-14(17)18/h1-9,15H,10H2,(H,17,18). The molecule has 1 N–H and O–H groups in total. The van der Waals surface area contributed by atoms with E-state index in [1.54, 1.807) is 6.07 Å². The Morgan fingerprint density at radius 1 is 1.06 bits per heavy atom. The van der Waals surface area contributed by atoms with Gasteiger partial charge in [-0.2, -0.15) is 0 Å². The first-order chi connectivity index (χ1) is 8.66. The minimum absolute atomic E-state index is 0.0201. The SMILES string of the molecule is O=C(O)Cc1cccc(C(Cl)c2ccccc2)c1. The maximum absolute atomic E-state index is 10.7. The summed E-state index contributed by atoms with van der Waals surface area (Å²) in [4.78, 5) is 10.7. The predicted octanol–water partition coefficient (Wildman–Crippen LogP) is 3.64. The predicted molar refractivity (Wildman–Crippen MR) is 71.9 cm³/mol. The van der Waals surface area contributed by atoms with Crippen LogP contribution in [0.5, 0.6) is 0 Å². The van der Waals surface area contributed by atoms with Crippen LogP contribution in [0.1, 0.15) is 22.1 Å². The van der Waals surface area contributed by atoms with Crippen molar-refractivity contribution in [1.29, 1.82) is 0 Å². The molecule has 2 aromatic carbocycles. The van der Waals surface area contributed by atoms with Crippen molar-refractivity contribution in [1.82, 2.24) is 0 Å². The van der Waals surface area contributed by atoms with E-state index in [-0.39, 0.29) is 11.8 Å². The van der Waals surface area contributed by atoms with Gasteiger partial charge in [-0.05, 0) is 16.7 Å². The van der Waals surface area contributed by atoms with Crippen LogP contribution in [0.2, 0.25) is 0 Å². The molecule has 92 valence electrons. The van der Waals surface area contributed by atoms with Crippen LogP contribution in [-0.2, 0) is 11.2 Å². The number of hydrogen-bond acceptors (Lipinski definition) is 1. The van der Waals surface area contributed by atoms with Gasteiger partial charge in [0, 0.05) is 0 Å². The number of carboxylic acids is 1. The van der Waals surface area contributed by atoms with E-state index < -0.39 is 5.97 Å².